The molecule has 1 fully saturated rings. The van der Waals surface area contributed by atoms with Crippen LogP contribution in [0.15, 0.2) is 42.5 Å². The van der Waals surface area contributed by atoms with Crippen LogP contribution in [0.25, 0.3) is 0 Å². The Hall–Kier alpha value is -3.06. The zero-order valence-corrected chi connectivity index (χ0v) is 16.3. The molecule has 2 aliphatic rings. The lowest BCUT2D eigenvalue weighted by Crippen LogP contribution is -2.37. The summed E-state index contributed by atoms with van der Waals surface area (Å²) in [6, 6.07) is 12.8. The summed E-state index contributed by atoms with van der Waals surface area (Å²) in [5.74, 6) is 0.795. The zero-order valence-electron chi connectivity index (χ0n) is 16.3. The van der Waals surface area contributed by atoms with E-state index in [9.17, 15) is 9.59 Å². The number of hydrogen-bond donors (Lipinski definition) is 1. The Morgan fingerprint density at radius 3 is 2.79 bits per heavy atom. The van der Waals surface area contributed by atoms with Gasteiger partial charge in [0.15, 0.2) is 18.1 Å². The number of ether oxygens (including phenoxy) is 3. The van der Waals surface area contributed by atoms with E-state index in [1.165, 1.54) is 0 Å². The van der Waals surface area contributed by atoms with Crippen LogP contribution in [-0.2, 0) is 20.7 Å². The summed E-state index contributed by atoms with van der Waals surface area (Å²) in [6.45, 7) is 1.14. The first kappa shape index (κ1) is 19.3. The van der Waals surface area contributed by atoms with E-state index in [2.05, 4.69) is 5.32 Å². The third-order valence-electron chi connectivity index (χ3n) is 5.16. The molecule has 0 aromatic heterocycles. The average molecular weight is 396 g/mol. The number of methoxy groups -OCH3 is 1. The van der Waals surface area contributed by atoms with Crippen LogP contribution in [0.1, 0.15) is 18.4 Å². The molecule has 2 aromatic carbocycles. The highest BCUT2D eigenvalue weighted by Crippen LogP contribution is 2.32. The fourth-order valence-corrected chi connectivity index (χ4v) is 3.71. The van der Waals surface area contributed by atoms with Gasteiger partial charge in [-0.3, -0.25) is 9.59 Å². The molecule has 7 nitrogen and oxygen atoms in total. The lowest BCUT2D eigenvalue weighted by molar-refractivity contribution is -0.127. The Bertz CT molecular complexity index is 908. The standard InChI is InChI=1S/C22H24N2O5/c1-27-18-5-2-3-6-19(18)29-14-21(25)23-16-9-8-15-10-11-24(17(15)13-16)22(26)20-7-4-12-28-20/h2-3,5-6,8-9,13,20H,4,7,10-12,14H2,1H3,(H,23,25)/t20-/m0/s1. The second-order valence-corrected chi connectivity index (χ2v) is 7.07. The van der Waals surface area contributed by atoms with Crippen molar-refractivity contribution < 1.29 is 23.8 Å². The molecular weight excluding hydrogens is 372 g/mol. The lowest BCUT2D eigenvalue weighted by atomic mass is 10.1. The van der Waals surface area contributed by atoms with E-state index < -0.39 is 0 Å². The molecule has 2 aliphatic heterocycles. The molecule has 0 spiro atoms. The maximum atomic E-state index is 12.7. The molecule has 7 heteroatoms. The Labute approximate surface area is 169 Å². The summed E-state index contributed by atoms with van der Waals surface area (Å²) < 4.78 is 16.3. The predicted molar refractivity (Wildman–Crippen MR) is 109 cm³/mol. The van der Waals surface area contributed by atoms with Crippen molar-refractivity contribution >= 4 is 23.2 Å². The summed E-state index contributed by atoms with van der Waals surface area (Å²) in [6.07, 6.45) is 2.13. The first-order chi connectivity index (χ1) is 14.2. The molecule has 4 rings (SSSR count). The molecule has 1 N–H and O–H groups in total. The van der Waals surface area contributed by atoms with Gasteiger partial charge in [0.05, 0.1) is 7.11 Å². The van der Waals surface area contributed by atoms with Crippen molar-refractivity contribution in [2.75, 3.05) is 37.1 Å². The SMILES string of the molecule is COc1ccccc1OCC(=O)Nc1ccc2c(c1)N(C(=O)[C@@H]1CCCO1)CC2. The highest BCUT2D eigenvalue weighted by Gasteiger charge is 2.32. The first-order valence-electron chi connectivity index (χ1n) is 9.77. The summed E-state index contributed by atoms with van der Waals surface area (Å²) in [7, 11) is 1.55. The maximum Gasteiger partial charge on any atom is 0.262 e. The average Bonchev–Trinajstić information content (AvgIpc) is 3.42. The van der Waals surface area contributed by atoms with Gasteiger partial charge in [-0.2, -0.15) is 0 Å². The molecule has 152 valence electrons. The quantitative estimate of drug-likeness (QED) is 0.813. The van der Waals surface area contributed by atoms with Crippen molar-refractivity contribution in [2.24, 2.45) is 0 Å². The van der Waals surface area contributed by atoms with E-state index in [1.807, 2.05) is 30.3 Å². The van der Waals surface area contributed by atoms with Crippen molar-refractivity contribution in [3.63, 3.8) is 0 Å². The minimum absolute atomic E-state index is 0.00392. The number of benzene rings is 2. The van der Waals surface area contributed by atoms with Crippen molar-refractivity contribution in [1.82, 2.24) is 0 Å². The molecule has 0 radical (unpaired) electrons. The Kier molecular flexibility index (Phi) is 5.67. The Morgan fingerprint density at radius 2 is 2.03 bits per heavy atom. The fourth-order valence-electron chi connectivity index (χ4n) is 3.71. The third-order valence-corrected chi connectivity index (χ3v) is 5.16. The molecule has 29 heavy (non-hydrogen) atoms. The smallest absolute Gasteiger partial charge is 0.262 e. The van der Waals surface area contributed by atoms with Gasteiger partial charge in [0, 0.05) is 24.5 Å². The highest BCUT2D eigenvalue weighted by molar-refractivity contribution is 6.00. The fraction of sp³-hybridized carbons (Fsp3) is 0.364. The first-order valence-corrected chi connectivity index (χ1v) is 9.77. The summed E-state index contributed by atoms with van der Waals surface area (Å²) in [5.41, 5.74) is 2.57. The van der Waals surface area contributed by atoms with Crippen LogP contribution in [-0.4, -0.2) is 44.8 Å². The minimum Gasteiger partial charge on any atom is -0.493 e. The third kappa shape index (κ3) is 4.19. The number of nitrogens with one attached hydrogen (secondary N) is 1. The van der Waals surface area contributed by atoms with Gasteiger partial charge < -0.3 is 24.4 Å². The molecule has 1 atom stereocenters. The number of hydrogen-bond acceptors (Lipinski definition) is 5. The number of carbonyl (C=O) groups is 2. The number of carbonyl (C=O) groups excluding carboxylic acids is 2. The van der Waals surface area contributed by atoms with Crippen molar-refractivity contribution in [1.29, 1.82) is 0 Å². The molecule has 0 unspecified atom stereocenters. The topological polar surface area (TPSA) is 77.1 Å². The second-order valence-electron chi connectivity index (χ2n) is 7.07. The number of nitrogens with zero attached hydrogens (tertiary/aromatic N) is 1. The highest BCUT2D eigenvalue weighted by atomic mass is 16.5. The number of rotatable bonds is 6. The Balaban J connectivity index is 1.40. The predicted octanol–water partition coefficient (Wildman–Crippen LogP) is 2.78. The monoisotopic (exact) mass is 396 g/mol. The van der Waals surface area contributed by atoms with Crippen LogP contribution >= 0.6 is 0 Å². The van der Waals surface area contributed by atoms with Gasteiger partial charge in [0.2, 0.25) is 0 Å². The number of anilines is 2. The van der Waals surface area contributed by atoms with E-state index in [-0.39, 0.29) is 24.5 Å². The molecule has 2 aromatic rings. The molecule has 0 bridgehead atoms. The van der Waals surface area contributed by atoms with Crippen molar-refractivity contribution in [2.45, 2.75) is 25.4 Å². The minimum atomic E-state index is -0.353. The van der Waals surface area contributed by atoms with Crippen LogP contribution in [0.2, 0.25) is 0 Å². The van der Waals surface area contributed by atoms with Gasteiger partial charge in [0.1, 0.15) is 6.10 Å². The normalized spacial score (nSPS) is 17.7. The number of para-hydroxylation sites is 2. The van der Waals surface area contributed by atoms with Gasteiger partial charge in [-0.1, -0.05) is 18.2 Å². The molecular formula is C22H24N2O5. The van der Waals surface area contributed by atoms with Crippen molar-refractivity contribution in [3.05, 3.63) is 48.0 Å². The van der Waals surface area contributed by atoms with E-state index in [1.54, 1.807) is 24.1 Å². The lowest BCUT2D eigenvalue weighted by Gasteiger charge is -2.21. The van der Waals surface area contributed by atoms with Crippen LogP contribution in [0, 0.1) is 0 Å². The van der Waals surface area contributed by atoms with E-state index >= 15 is 0 Å². The van der Waals surface area contributed by atoms with E-state index in [0.717, 1.165) is 30.5 Å². The van der Waals surface area contributed by atoms with E-state index in [4.69, 9.17) is 14.2 Å². The van der Waals surface area contributed by atoms with Crippen LogP contribution in [0.5, 0.6) is 11.5 Å². The molecule has 0 saturated carbocycles. The van der Waals surface area contributed by atoms with Crippen LogP contribution < -0.4 is 19.7 Å². The molecule has 1 saturated heterocycles. The molecule has 0 aliphatic carbocycles. The van der Waals surface area contributed by atoms with Crippen LogP contribution in [0.4, 0.5) is 11.4 Å². The summed E-state index contributed by atoms with van der Waals surface area (Å²) in [5, 5.41) is 2.83. The van der Waals surface area contributed by atoms with Crippen molar-refractivity contribution in [3.8, 4) is 11.5 Å². The van der Waals surface area contributed by atoms with Gasteiger partial charge >= 0.3 is 0 Å². The largest absolute Gasteiger partial charge is 0.493 e. The second kappa shape index (κ2) is 8.53. The van der Waals surface area contributed by atoms with Crippen LogP contribution in [0.3, 0.4) is 0 Å². The Morgan fingerprint density at radius 1 is 1.21 bits per heavy atom. The maximum absolute atomic E-state index is 12.7. The van der Waals surface area contributed by atoms with Gasteiger partial charge in [-0.05, 0) is 49.1 Å². The molecule has 2 amide bonds. The number of amides is 2. The zero-order chi connectivity index (χ0) is 20.2. The van der Waals surface area contributed by atoms with Gasteiger partial charge in [-0.25, -0.2) is 0 Å². The molecule has 2 heterocycles. The summed E-state index contributed by atoms with van der Waals surface area (Å²) >= 11 is 0. The summed E-state index contributed by atoms with van der Waals surface area (Å²) in [4.78, 5) is 26.8. The van der Waals surface area contributed by atoms with Gasteiger partial charge in [0.25, 0.3) is 11.8 Å². The van der Waals surface area contributed by atoms with E-state index in [0.29, 0.717) is 30.3 Å². The number of fused-ring (bicyclic) bond motifs is 1. The van der Waals surface area contributed by atoms with Gasteiger partial charge in [-0.15, -0.1) is 0 Å².